The average Bonchev–Trinajstić information content (AvgIpc) is 3.46. The molecule has 468 valence electrons. The monoisotopic (exact) mass is 1130 g/mol. The summed E-state index contributed by atoms with van der Waals surface area (Å²) in [6.07, 6.45) is 76.0. The van der Waals surface area contributed by atoms with Gasteiger partial charge in [0, 0.05) is 6.42 Å². The van der Waals surface area contributed by atoms with Crippen molar-refractivity contribution in [2.45, 2.75) is 371 Å². The maximum Gasteiger partial charge on any atom is 0.220 e. The Labute approximate surface area is 494 Å². The molecular weight excluding hydrogens is 995 g/mol. The molecular formula is C71H131NO8. The molecule has 1 heterocycles. The third-order valence-corrected chi connectivity index (χ3v) is 16.3. The number of ether oxygens (including phenoxy) is 2. The molecule has 1 aliphatic heterocycles. The van der Waals surface area contributed by atoms with Gasteiger partial charge in [0.25, 0.3) is 0 Å². The number of carbonyl (C=O) groups is 1. The molecule has 0 aromatic rings. The summed E-state index contributed by atoms with van der Waals surface area (Å²) in [4.78, 5) is 13.1. The van der Waals surface area contributed by atoms with E-state index in [-0.39, 0.29) is 12.5 Å². The van der Waals surface area contributed by atoms with Crippen molar-refractivity contribution in [3.63, 3.8) is 0 Å². The van der Waals surface area contributed by atoms with Crippen molar-refractivity contribution in [3.05, 3.63) is 60.8 Å². The Morgan fingerprint density at radius 1 is 0.438 bits per heavy atom. The lowest BCUT2D eigenvalue weighted by atomic mass is 9.99. The molecule has 9 heteroatoms. The van der Waals surface area contributed by atoms with Gasteiger partial charge in [0.15, 0.2) is 6.29 Å². The van der Waals surface area contributed by atoms with Crippen LogP contribution in [0.5, 0.6) is 0 Å². The van der Waals surface area contributed by atoms with E-state index < -0.39 is 49.5 Å². The predicted octanol–water partition coefficient (Wildman–Crippen LogP) is 18.6. The molecule has 0 aromatic heterocycles. The van der Waals surface area contributed by atoms with E-state index >= 15 is 0 Å². The van der Waals surface area contributed by atoms with Crippen LogP contribution in [0.3, 0.4) is 0 Å². The summed E-state index contributed by atoms with van der Waals surface area (Å²) in [5, 5.41) is 54.8. The molecule has 0 aromatic carbocycles. The van der Waals surface area contributed by atoms with Crippen molar-refractivity contribution in [1.29, 1.82) is 0 Å². The fourth-order valence-electron chi connectivity index (χ4n) is 11.0. The number of hydrogen-bond donors (Lipinski definition) is 6. The van der Waals surface area contributed by atoms with E-state index in [1.165, 1.54) is 244 Å². The van der Waals surface area contributed by atoms with Gasteiger partial charge in [-0.1, -0.05) is 325 Å². The standard InChI is InChI=1S/C71H131NO8/c1-3-5-7-9-11-13-15-17-19-21-23-25-27-29-31-33-35-37-39-41-43-45-47-49-51-53-55-57-59-61-67(75)72-64(63-79-71-70(78)69(77)68(76)66(62-73)80-71)65(74)60-58-56-54-52-50-48-46-44-42-40-38-36-34-32-30-28-26-24-22-20-18-16-14-12-10-8-6-4-2/h5,7,11,13,17,19,23,25,58,60,64-66,68-71,73-74,76-78H,3-4,6,8-10,12,14-16,18,20-22,24,26-57,59,61-63H2,1-2H3,(H,72,75)/b7-5-,13-11-,19-17-,25-23-,60-58+. The Bertz CT molecular complexity index is 1450. The van der Waals surface area contributed by atoms with Gasteiger partial charge in [0.1, 0.15) is 24.4 Å². The quantitative estimate of drug-likeness (QED) is 0.0261. The first-order valence-corrected chi connectivity index (χ1v) is 34.5. The number of allylic oxidation sites excluding steroid dienone is 9. The van der Waals surface area contributed by atoms with Crippen LogP contribution in [-0.2, 0) is 14.3 Å². The molecule has 9 nitrogen and oxygen atoms in total. The molecule has 1 saturated heterocycles. The summed E-state index contributed by atoms with van der Waals surface area (Å²) in [6.45, 7) is 3.71. The second-order valence-electron chi connectivity index (χ2n) is 23.9. The molecule has 0 radical (unpaired) electrons. The highest BCUT2D eigenvalue weighted by atomic mass is 16.7. The number of aliphatic hydroxyl groups excluding tert-OH is 5. The smallest absolute Gasteiger partial charge is 0.220 e. The fraction of sp³-hybridized carbons (Fsp3) is 0.845. The van der Waals surface area contributed by atoms with Gasteiger partial charge in [-0.3, -0.25) is 4.79 Å². The molecule has 1 fully saturated rings. The second-order valence-corrected chi connectivity index (χ2v) is 23.9. The van der Waals surface area contributed by atoms with Gasteiger partial charge >= 0.3 is 0 Å². The Morgan fingerprint density at radius 2 is 0.775 bits per heavy atom. The lowest BCUT2D eigenvalue weighted by molar-refractivity contribution is -0.302. The van der Waals surface area contributed by atoms with Crippen LogP contribution >= 0.6 is 0 Å². The van der Waals surface area contributed by atoms with Crippen LogP contribution in [0.4, 0.5) is 0 Å². The lowest BCUT2D eigenvalue weighted by Gasteiger charge is -2.40. The summed E-state index contributed by atoms with van der Waals surface area (Å²) in [5.41, 5.74) is 0. The largest absolute Gasteiger partial charge is 0.394 e. The van der Waals surface area contributed by atoms with Crippen molar-refractivity contribution in [1.82, 2.24) is 5.32 Å². The molecule has 1 amide bonds. The molecule has 80 heavy (non-hydrogen) atoms. The van der Waals surface area contributed by atoms with Gasteiger partial charge in [0.2, 0.25) is 5.91 Å². The van der Waals surface area contributed by atoms with Gasteiger partial charge < -0.3 is 40.3 Å². The predicted molar refractivity (Wildman–Crippen MR) is 341 cm³/mol. The number of aliphatic hydroxyl groups is 5. The molecule has 6 N–H and O–H groups in total. The summed E-state index contributed by atoms with van der Waals surface area (Å²) in [5.74, 6) is -0.173. The molecule has 1 rings (SSSR count). The van der Waals surface area contributed by atoms with Crippen LogP contribution in [0.1, 0.15) is 328 Å². The molecule has 0 bridgehead atoms. The molecule has 7 unspecified atom stereocenters. The van der Waals surface area contributed by atoms with Crippen LogP contribution in [0.15, 0.2) is 60.8 Å². The zero-order valence-electron chi connectivity index (χ0n) is 52.3. The first-order chi connectivity index (χ1) is 39.3. The van der Waals surface area contributed by atoms with E-state index in [0.717, 1.165) is 64.2 Å². The highest BCUT2D eigenvalue weighted by Gasteiger charge is 2.44. The van der Waals surface area contributed by atoms with Gasteiger partial charge in [-0.15, -0.1) is 0 Å². The summed E-state index contributed by atoms with van der Waals surface area (Å²) in [6, 6.07) is -0.808. The minimum absolute atomic E-state index is 0.173. The van der Waals surface area contributed by atoms with Crippen molar-refractivity contribution in [2.75, 3.05) is 13.2 Å². The third-order valence-electron chi connectivity index (χ3n) is 16.3. The lowest BCUT2D eigenvalue weighted by Crippen LogP contribution is -2.60. The van der Waals surface area contributed by atoms with E-state index in [1.54, 1.807) is 6.08 Å². The van der Waals surface area contributed by atoms with Crippen LogP contribution < -0.4 is 5.32 Å². The van der Waals surface area contributed by atoms with Gasteiger partial charge in [-0.05, 0) is 57.8 Å². The summed E-state index contributed by atoms with van der Waals surface area (Å²) in [7, 11) is 0. The van der Waals surface area contributed by atoms with Crippen LogP contribution in [0, 0.1) is 0 Å². The zero-order chi connectivity index (χ0) is 57.9. The van der Waals surface area contributed by atoms with Crippen molar-refractivity contribution in [3.8, 4) is 0 Å². The summed E-state index contributed by atoms with van der Waals surface area (Å²) >= 11 is 0. The Balaban J connectivity index is 2.14. The van der Waals surface area contributed by atoms with Gasteiger partial charge in [-0.25, -0.2) is 0 Å². The number of hydrogen-bond acceptors (Lipinski definition) is 8. The SMILES string of the molecule is CC/C=C\C/C=C\C/C=C\C/C=C\CCCCCCCCCCCCCCCCCCC(=O)NC(COC1OC(CO)C(O)C(O)C1O)C(O)/C=C/CCCCCCCCCCCCCCCCCCCCCCCCCCCC. The average molecular weight is 1130 g/mol. The summed E-state index contributed by atoms with van der Waals surface area (Å²) < 4.78 is 11.3. The van der Waals surface area contributed by atoms with E-state index in [4.69, 9.17) is 9.47 Å². The van der Waals surface area contributed by atoms with E-state index in [2.05, 4.69) is 67.8 Å². The van der Waals surface area contributed by atoms with Crippen molar-refractivity contribution >= 4 is 5.91 Å². The van der Waals surface area contributed by atoms with E-state index in [0.29, 0.717) is 6.42 Å². The number of nitrogens with one attached hydrogen (secondary N) is 1. The van der Waals surface area contributed by atoms with E-state index in [1.807, 2.05) is 6.08 Å². The minimum atomic E-state index is -1.57. The fourth-order valence-corrected chi connectivity index (χ4v) is 11.0. The number of amides is 1. The first kappa shape index (κ1) is 75.9. The van der Waals surface area contributed by atoms with E-state index in [9.17, 15) is 30.3 Å². The van der Waals surface area contributed by atoms with Crippen LogP contribution in [0.25, 0.3) is 0 Å². The Kier molecular flexibility index (Phi) is 57.0. The van der Waals surface area contributed by atoms with Crippen molar-refractivity contribution in [2.24, 2.45) is 0 Å². The highest BCUT2D eigenvalue weighted by molar-refractivity contribution is 5.76. The maximum absolute atomic E-state index is 13.1. The normalized spacial score (nSPS) is 18.8. The maximum atomic E-state index is 13.1. The number of carbonyl (C=O) groups excluding carboxylic acids is 1. The molecule has 0 aliphatic carbocycles. The second kappa shape index (κ2) is 60.0. The van der Waals surface area contributed by atoms with Gasteiger partial charge in [0.05, 0.1) is 25.4 Å². The van der Waals surface area contributed by atoms with Crippen LogP contribution in [0.2, 0.25) is 0 Å². The number of rotatable bonds is 60. The Hall–Kier alpha value is -2.11. The molecule has 0 spiro atoms. The highest BCUT2D eigenvalue weighted by Crippen LogP contribution is 2.23. The molecule has 0 saturated carbocycles. The first-order valence-electron chi connectivity index (χ1n) is 34.5. The van der Waals surface area contributed by atoms with Crippen LogP contribution in [-0.4, -0.2) is 87.5 Å². The van der Waals surface area contributed by atoms with Gasteiger partial charge in [-0.2, -0.15) is 0 Å². The molecule has 7 atom stereocenters. The minimum Gasteiger partial charge on any atom is -0.394 e. The topological polar surface area (TPSA) is 149 Å². The third kappa shape index (κ3) is 48.3. The van der Waals surface area contributed by atoms with Crippen molar-refractivity contribution < 1.29 is 39.8 Å². The molecule has 1 aliphatic rings. The Morgan fingerprint density at radius 3 is 1.15 bits per heavy atom. The zero-order valence-corrected chi connectivity index (χ0v) is 52.3. The number of unbranched alkanes of at least 4 members (excludes halogenated alkanes) is 42.